The molecule has 5 nitrogen and oxygen atoms in total. The Kier molecular flexibility index (Phi) is 6.06. The van der Waals surface area contributed by atoms with Crippen LogP contribution in [0, 0.1) is 0 Å². The standard InChI is InChI=1S/C20H24N2O3S/c1-2-10-21(14-19(24)25)13-18(23)22-11-8-17-16(9-12-26-17)20(22)15-6-4-3-5-7-15/h3-7,9,12,20H,2,8,10-11,13-14H2,1H3,(H,24,25). The van der Waals surface area contributed by atoms with E-state index in [0.29, 0.717) is 13.1 Å². The molecule has 138 valence electrons. The summed E-state index contributed by atoms with van der Waals surface area (Å²) in [6, 6.07) is 12.1. The van der Waals surface area contributed by atoms with Gasteiger partial charge in [0.1, 0.15) is 0 Å². The molecule has 1 aliphatic rings. The van der Waals surface area contributed by atoms with Crippen LogP contribution in [-0.4, -0.2) is 53.0 Å². The summed E-state index contributed by atoms with van der Waals surface area (Å²) in [5.74, 6) is -0.907. The Hall–Kier alpha value is -2.18. The SMILES string of the molecule is CCCN(CC(=O)O)CC(=O)N1CCc2sccc2C1c1ccccc1. The zero-order chi connectivity index (χ0) is 18.5. The second-order valence-electron chi connectivity index (χ2n) is 6.55. The summed E-state index contributed by atoms with van der Waals surface area (Å²) in [5.41, 5.74) is 2.29. The average molecular weight is 372 g/mol. The summed E-state index contributed by atoms with van der Waals surface area (Å²) >= 11 is 1.74. The monoisotopic (exact) mass is 372 g/mol. The van der Waals surface area contributed by atoms with E-state index in [4.69, 9.17) is 5.11 Å². The zero-order valence-corrected chi connectivity index (χ0v) is 15.7. The maximum absolute atomic E-state index is 13.1. The number of fused-ring (bicyclic) bond motifs is 1. The molecule has 1 N–H and O–H groups in total. The number of carboxylic acid groups (broad SMARTS) is 1. The van der Waals surface area contributed by atoms with E-state index in [0.717, 1.165) is 18.4 Å². The van der Waals surface area contributed by atoms with Crippen molar-refractivity contribution in [3.8, 4) is 0 Å². The number of hydrogen-bond donors (Lipinski definition) is 1. The molecule has 1 unspecified atom stereocenters. The van der Waals surface area contributed by atoms with E-state index in [1.165, 1.54) is 10.4 Å². The molecular formula is C20H24N2O3S. The van der Waals surface area contributed by atoms with Gasteiger partial charge in [0.2, 0.25) is 5.91 Å². The number of carbonyl (C=O) groups is 2. The number of carboxylic acids is 1. The maximum atomic E-state index is 13.1. The molecule has 1 atom stereocenters. The quantitative estimate of drug-likeness (QED) is 0.812. The predicted molar refractivity (Wildman–Crippen MR) is 102 cm³/mol. The fourth-order valence-corrected chi connectivity index (χ4v) is 4.49. The highest BCUT2D eigenvalue weighted by molar-refractivity contribution is 7.10. The Labute approximate surface area is 157 Å². The lowest BCUT2D eigenvalue weighted by Crippen LogP contribution is -2.46. The lowest BCUT2D eigenvalue weighted by molar-refractivity contribution is -0.140. The van der Waals surface area contributed by atoms with Gasteiger partial charge in [0.15, 0.2) is 0 Å². The molecule has 6 heteroatoms. The normalized spacial score (nSPS) is 16.5. The molecular weight excluding hydrogens is 348 g/mol. The third-order valence-corrected chi connectivity index (χ3v) is 5.66. The Balaban J connectivity index is 1.85. The van der Waals surface area contributed by atoms with E-state index in [1.54, 1.807) is 16.2 Å². The average Bonchev–Trinajstić information content (AvgIpc) is 3.10. The topological polar surface area (TPSA) is 60.9 Å². The van der Waals surface area contributed by atoms with Crippen LogP contribution in [0.5, 0.6) is 0 Å². The Morgan fingerprint density at radius 3 is 2.69 bits per heavy atom. The zero-order valence-electron chi connectivity index (χ0n) is 14.9. The minimum absolute atomic E-state index is 0.00889. The van der Waals surface area contributed by atoms with Gasteiger partial charge in [-0.15, -0.1) is 11.3 Å². The highest BCUT2D eigenvalue weighted by Gasteiger charge is 2.33. The van der Waals surface area contributed by atoms with Crippen molar-refractivity contribution in [2.75, 3.05) is 26.2 Å². The highest BCUT2D eigenvalue weighted by Crippen LogP contribution is 2.37. The molecule has 0 saturated heterocycles. The molecule has 0 saturated carbocycles. The first-order valence-corrected chi connectivity index (χ1v) is 9.83. The van der Waals surface area contributed by atoms with E-state index in [1.807, 2.05) is 30.0 Å². The lowest BCUT2D eigenvalue weighted by atomic mass is 9.93. The summed E-state index contributed by atoms with van der Waals surface area (Å²) in [4.78, 5) is 29.1. The van der Waals surface area contributed by atoms with E-state index >= 15 is 0 Å². The summed E-state index contributed by atoms with van der Waals surface area (Å²) in [7, 11) is 0. The van der Waals surface area contributed by atoms with Gasteiger partial charge < -0.3 is 10.0 Å². The Morgan fingerprint density at radius 1 is 1.23 bits per heavy atom. The third-order valence-electron chi connectivity index (χ3n) is 4.66. The molecule has 26 heavy (non-hydrogen) atoms. The fraction of sp³-hybridized carbons (Fsp3) is 0.400. The third kappa shape index (κ3) is 4.14. The summed E-state index contributed by atoms with van der Waals surface area (Å²) in [6.45, 7) is 3.30. The van der Waals surface area contributed by atoms with Crippen molar-refractivity contribution >= 4 is 23.2 Å². The van der Waals surface area contributed by atoms with Crippen LogP contribution in [-0.2, 0) is 16.0 Å². The summed E-state index contributed by atoms with van der Waals surface area (Å²) in [6.07, 6.45) is 1.67. The molecule has 0 aliphatic carbocycles. The van der Waals surface area contributed by atoms with Gasteiger partial charge in [-0.25, -0.2) is 0 Å². The predicted octanol–water partition coefficient (Wildman–Crippen LogP) is 3.02. The van der Waals surface area contributed by atoms with E-state index < -0.39 is 5.97 Å². The van der Waals surface area contributed by atoms with Crippen LogP contribution in [0.15, 0.2) is 41.8 Å². The van der Waals surface area contributed by atoms with Gasteiger partial charge in [0.05, 0.1) is 19.1 Å². The molecule has 0 spiro atoms. The molecule has 1 aliphatic heterocycles. The van der Waals surface area contributed by atoms with Crippen LogP contribution in [0.1, 0.15) is 35.4 Å². The number of nitrogens with zero attached hydrogens (tertiary/aromatic N) is 2. The molecule has 0 fully saturated rings. The largest absolute Gasteiger partial charge is 0.480 e. The van der Waals surface area contributed by atoms with Crippen molar-refractivity contribution in [3.05, 3.63) is 57.8 Å². The Bertz CT molecular complexity index is 759. The van der Waals surface area contributed by atoms with Crippen LogP contribution in [0.25, 0.3) is 0 Å². The number of benzene rings is 1. The first-order valence-electron chi connectivity index (χ1n) is 8.95. The van der Waals surface area contributed by atoms with Crippen LogP contribution in [0.3, 0.4) is 0 Å². The molecule has 2 heterocycles. The van der Waals surface area contributed by atoms with Crippen LogP contribution < -0.4 is 0 Å². The van der Waals surface area contributed by atoms with Crippen molar-refractivity contribution in [3.63, 3.8) is 0 Å². The van der Waals surface area contributed by atoms with Gasteiger partial charge in [0, 0.05) is 11.4 Å². The van der Waals surface area contributed by atoms with Gasteiger partial charge in [-0.3, -0.25) is 14.5 Å². The van der Waals surface area contributed by atoms with Gasteiger partial charge >= 0.3 is 5.97 Å². The van der Waals surface area contributed by atoms with Crippen molar-refractivity contribution in [2.24, 2.45) is 0 Å². The Morgan fingerprint density at radius 2 is 2.00 bits per heavy atom. The number of carbonyl (C=O) groups excluding carboxylic acids is 1. The van der Waals surface area contributed by atoms with Gasteiger partial charge in [-0.05, 0) is 42.0 Å². The molecule has 1 aromatic heterocycles. The minimum atomic E-state index is -0.898. The van der Waals surface area contributed by atoms with Gasteiger partial charge in [0.25, 0.3) is 0 Å². The number of hydrogen-bond acceptors (Lipinski definition) is 4. The van der Waals surface area contributed by atoms with Crippen LogP contribution >= 0.6 is 11.3 Å². The number of rotatable bonds is 7. The van der Waals surface area contributed by atoms with E-state index in [9.17, 15) is 9.59 Å². The number of amides is 1. The first kappa shape index (κ1) is 18.6. The van der Waals surface area contributed by atoms with E-state index in [2.05, 4.69) is 23.6 Å². The molecule has 0 radical (unpaired) electrons. The fourth-order valence-electron chi connectivity index (χ4n) is 3.58. The maximum Gasteiger partial charge on any atom is 0.317 e. The highest BCUT2D eigenvalue weighted by atomic mass is 32.1. The van der Waals surface area contributed by atoms with Crippen LogP contribution in [0.2, 0.25) is 0 Å². The van der Waals surface area contributed by atoms with Crippen molar-refractivity contribution in [1.82, 2.24) is 9.80 Å². The second-order valence-corrected chi connectivity index (χ2v) is 7.55. The smallest absolute Gasteiger partial charge is 0.317 e. The molecule has 1 amide bonds. The molecule has 1 aromatic carbocycles. The van der Waals surface area contributed by atoms with Crippen molar-refractivity contribution < 1.29 is 14.7 Å². The number of aliphatic carboxylic acids is 1. The lowest BCUT2D eigenvalue weighted by Gasteiger charge is -2.37. The number of thiophene rings is 1. The van der Waals surface area contributed by atoms with Crippen molar-refractivity contribution in [2.45, 2.75) is 25.8 Å². The molecule has 2 aromatic rings. The summed E-state index contributed by atoms with van der Waals surface area (Å²) in [5, 5.41) is 11.2. The van der Waals surface area contributed by atoms with Crippen molar-refractivity contribution in [1.29, 1.82) is 0 Å². The second kappa shape index (κ2) is 8.47. The summed E-state index contributed by atoms with van der Waals surface area (Å²) < 4.78 is 0. The molecule has 3 rings (SSSR count). The van der Waals surface area contributed by atoms with Crippen LogP contribution in [0.4, 0.5) is 0 Å². The molecule has 0 bridgehead atoms. The first-order chi connectivity index (χ1) is 12.6. The van der Waals surface area contributed by atoms with Gasteiger partial charge in [-0.2, -0.15) is 0 Å². The van der Waals surface area contributed by atoms with Gasteiger partial charge in [-0.1, -0.05) is 37.3 Å². The van der Waals surface area contributed by atoms with E-state index in [-0.39, 0.29) is 25.0 Å². The minimum Gasteiger partial charge on any atom is -0.480 e.